The van der Waals surface area contributed by atoms with Crippen molar-refractivity contribution in [2.45, 2.75) is 19.8 Å². The van der Waals surface area contributed by atoms with Gasteiger partial charge in [-0.05, 0) is 23.3 Å². The van der Waals surface area contributed by atoms with E-state index < -0.39 is 18.3 Å². The van der Waals surface area contributed by atoms with Crippen molar-refractivity contribution in [2.75, 3.05) is 0 Å². The number of rotatable bonds is 9. The highest BCUT2D eigenvalue weighted by atomic mass is 19.3. The Morgan fingerprint density at radius 3 is 1.86 bits per heavy atom. The van der Waals surface area contributed by atoms with Gasteiger partial charge in [0.25, 0.3) is 0 Å². The maximum absolute atomic E-state index is 12.9. The lowest BCUT2D eigenvalue weighted by Gasteiger charge is -2.18. The molecular weight excluding hydrogens is 382 g/mol. The van der Waals surface area contributed by atoms with Crippen LogP contribution in [0.3, 0.4) is 0 Å². The largest absolute Gasteiger partial charge is 0.485 e. The summed E-state index contributed by atoms with van der Waals surface area (Å²) in [4.78, 5) is 11.4. The summed E-state index contributed by atoms with van der Waals surface area (Å²) in [6.07, 6.45) is 0. The van der Waals surface area contributed by atoms with Crippen molar-refractivity contribution in [2.24, 2.45) is 0 Å². The molecule has 0 fully saturated rings. The standard InChI is InChI=1S/C22H18F2O5/c23-22(24)29-19-12-17(21(25)26)11-18(27-13-15-7-3-1-4-8-15)20(19)28-14-16-9-5-2-6-10-16/h1-12,22H,13-14H2,(H,25,26). The van der Waals surface area contributed by atoms with Crippen LogP contribution in [0.2, 0.25) is 0 Å². The van der Waals surface area contributed by atoms with Gasteiger partial charge in [-0.1, -0.05) is 60.7 Å². The van der Waals surface area contributed by atoms with Crippen molar-refractivity contribution in [1.29, 1.82) is 0 Å². The fourth-order valence-corrected chi connectivity index (χ4v) is 2.60. The van der Waals surface area contributed by atoms with Crippen molar-refractivity contribution < 1.29 is 32.9 Å². The number of benzene rings is 3. The molecule has 0 aliphatic rings. The van der Waals surface area contributed by atoms with E-state index in [9.17, 15) is 18.7 Å². The molecule has 3 aromatic carbocycles. The fourth-order valence-electron chi connectivity index (χ4n) is 2.60. The summed E-state index contributed by atoms with van der Waals surface area (Å²) in [5.74, 6) is -1.79. The van der Waals surface area contributed by atoms with E-state index in [4.69, 9.17) is 9.47 Å². The first kappa shape index (κ1) is 20.1. The number of carbonyl (C=O) groups is 1. The molecule has 0 aliphatic carbocycles. The minimum absolute atomic E-state index is 0.000309. The predicted molar refractivity (Wildman–Crippen MR) is 102 cm³/mol. The van der Waals surface area contributed by atoms with Crippen LogP contribution in [0.5, 0.6) is 17.2 Å². The zero-order valence-electron chi connectivity index (χ0n) is 15.3. The lowest BCUT2D eigenvalue weighted by atomic mass is 10.1. The summed E-state index contributed by atoms with van der Waals surface area (Å²) in [6, 6.07) is 20.4. The second-order valence-electron chi connectivity index (χ2n) is 6.03. The summed E-state index contributed by atoms with van der Waals surface area (Å²) < 4.78 is 41.8. The van der Waals surface area contributed by atoms with E-state index >= 15 is 0 Å². The summed E-state index contributed by atoms with van der Waals surface area (Å²) in [6.45, 7) is -2.99. The summed E-state index contributed by atoms with van der Waals surface area (Å²) >= 11 is 0. The second kappa shape index (κ2) is 9.54. The molecule has 0 unspecified atom stereocenters. The van der Waals surface area contributed by atoms with Crippen LogP contribution >= 0.6 is 0 Å². The normalized spacial score (nSPS) is 10.6. The van der Waals surface area contributed by atoms with Gasteiger partial charge in [0.05, 0.1) is 5.56 Å². The van der Waals surface area contributed by atoms with Crippen LogP contribution in [0.15, 0.2) is 72.8 Å². The highest BCUT2D eigenvalue weighted by Gasteiger charge is 2.21. The summed E-state index contributed by atoms with van der Waals surface area (Å²) in [7, 11) is 0. The molecule has 0 saturated carbocycles. The first-order valence-electron chi connectivity index (χ1n) is 8.72. The molecule has 0 saturated heterocycles. The van der Waals surface area contributed by atoms with Crippen molar-refractivity contribution in [3.05, 3.63) is 89.5 Å². The van der Waals surface area contributed by atoms with E-state index in [1.165, 1.54) is 6.07 Å². The monoisotopic (exact) mass is 400 g/mol. The van der Waals surface area contributed by atoms with Gasteiger partial charge < -0.3 is 19.3 Å². The summed E-state index contributed by atoms with van der Waals surface area (Å²) in [5, 5.41) is 9.31. The molecule has 0 heterocycles. The predicted octanol–water partition coefficient (Wildman–Crippen LogP) is 5.14. The number of carboxylic acid groups (broad SMARTS) is 1. The van der Waals surface area contributed by atoms with Crippen LogP contribution in [-0.2, 0) is 13.2 Å². The number of carboxylic acids is 1. The van der Waals surface area contributed by atoms with Crippen LogP contribution in [0.4, 0.5) is 8.78 Å². The number of ether oxygens (including phenoxy) is 3. The van der Waals surface area contributed by atoms with E-state index in [2.05, 4.69) is 4.74 Å². The molecule has 5 nitrogen and oxygen atoms in total. The van der Waals surface area contributed by atoms with Crippen LogP contribution in [0.1, 0.15) is 21.5 Å². The molecule has 29 heavy (non-hydrogen) atoms. The van der Waals surface area contributed by atoms with Gasteiger partial charge in [0.15, 0.2) is 11.5 Å². The summed E-state index contributed by atoms with van der Waals surface area (Å²) in [5.41, 5.74) is 1.36. The smallest absolute Gasteiger partial charge is 0.387 e. The van der Waals surface area contributed by atoms with Gasteiger partial charge in [-0.3, -0.25) is 0 Å². The molecule has 0 aliphatic heterocycles. The number of alkyl halides is 2. The van der Waals surface area contributed by atoms with Gasteiger partial charge in [0.1, 0.15) is 13.2 Å². The number of hydrogen-bond acceptors (Lipinski definition) is 4. The van der Waals surface area contributed by atoms with Crippen molar-refractivity contribution >= 4 is 5.97 Å². The Morgan fingerprint density at radius 2 is 1.34 bits per heavy atom. The highest BCUT2D eigenvalue weighted by molar-refractivity contribution is 5.89. The molecule has 0 spiro atoms. The zero-order valence-corrected chi connectivity index (χ0v) is 15.3. The molecular formula is C22H18F2O5. The third kappa shape index (κ3) is 5.68. The Kier molecular flexibility index (Phi) is 6.63. The molecule has 0 atom stereocenters. The van der Waals surface area contributed by atoms with Crippen LogP contribution in [0.25, 0.3) is 0 Å². The van der Waals surface area contributed by atoms with Gasteiger partial charge >= 0.3 is 12.6 Å². The molecule has 150 valence electrons. The Labute approximate surface area is 166 Å². The van der Waals surface area contributed by atoms with Crippen molar-refractivity contribution in [3.8, 4) is 17.2 Å². The Balaban J connectivity index is 1.94. The van der Waals surface area contributed by atoms with E-state index in [0.29, 0.717) is 0 Å². The van der Waals surface area contributed by atoms with Crippen LogP contribution in [0, 0.1) is 0 Å². The average Bonchev–Trinajstić information content (AvgIpc) is 2.72. The van der Waals surface area contributed by atoms with Gasteiger partial charge in [-0.15, -0.1) is 0 Å². The minimum Gasteiger partial charge on any atom is -0.485 e. The first-order valence-corrected chi connectivity index (χ1v) is 8.72. The SMILES string of the molecule is O=C(O)c1cc(OCc2ccccc2)c(OCc2ccccc2)c(OC(F)F)c1. The Bertz CT molecular complexity index is 946. The number of aromatic carboxylic acids is 1. The zero-order chi connectivity index (χ0) is 20.6. The van der Waals surface area contributed by atoms with E-state index in [0.717, 1.165) is 17.2 Å². The molecule has 3 rings (SSSR count). The Hall–Kier alpha value is -3.61. The Morgan fingerprint density at radius 1 is 0.828 bits per heavy atom. The first-order chi connectivity index (χ1) is 14.0. The molecule has 7 heteroatoms. The lowest BCUT2D eigenvalue weighted by Crippen LogP contribution is -2.09. The quantitative estimate of drug-likeness (QED) is 0.539. The minimum atomic E-state index is -3.15. The van der Waals surface area contributed by atoms with Gasteiger partial charge in [0.2, 0.25) is 5.75 Å². The molecule has 0 amide bonds. The van der Waals surface area contributed by atoms with Crippen LogP contribution in [-0.4, -0.2) is 17.7 Å². The van der Waals surface area contributed by atoms with Gasteiger partial charge in [-0.2, -0.15) is 8.78 Å². The van der Waals surface area contributed by atoms with Crippen LogP contribution < -0.4 is 14.2 Å². The number of hydrogen-bond donors (Lipinski definition) is 1. The lowest BCUT2D eigenvalue weighted by molar-refractivity contribution is -0.0518. The highest BCUT2D eigenvalue weighted by Crippen LogP contribution is 2.40. The van der Waals surface area contributed by atoms with Crippen molar-refractivity contribution in [3.63, 3.8) is 0 Å². The van der Waals surface area contributed by atoms with Gasteiger partial charge in [0, 0.05) is 0 Å². The molecule has 3 aromatic rings. The average molecular weight is 400 g/mol. The third-order valence-corrected chi connectivity index (χ3v) is 3.95. The molecule has 0 radical (unpaired) electrons. The van der Waals surface area contributed by atoms with Crippen molar-refractivity contribution in [1.82, 2.24) is 0 Å². The topological polar surface area (TPSA) is 65.0 Å². The molecule has 1 N–H and O–H groups in total. The van der Waals surface area contributed by atoms with E-state index in [1.54, 1.807) is 0 Å². The molecule has 0 bridgehead atoms. The molecule has 0 aromatic heterocycles. The fraction of sp³-hybridized carbons (Fsp3) is 0.136. The maximum Gasteiger partial charge on any atom is 0.387 e. The van der Waals surface area contributed by atoms with E-state index in [-0.39, 0.29) is 30.3 Å². The maximum atomic E-state index is 12.9. The van der Waals surface area contributed by atoms with E-state index in [1.807, 2.05) is 60.7 Å². The third-order valence-electron chi connectivity index (χ3n) is 3.95. The number of halogens is 2. The second-order valence-corrected chi connectivity index (χ2v) is 6.03. The van der Waals surface area contributed by atoms with Gasteiger partial charge in [-0.25, -0.2) is 4.79 Å².